The van der Waals surface area contributed by atoms with Gasteiger partial charge in [-0.1, -0.05) is 19.0 Å². The molecule has 4 aliphatic carbocycles. The van der Waals surface area contributed by atoms with Crippen LogP contribution in [-0.2, 0) is 14.3 Å². The van der Waals surface area contributed by atoms with Crippen LogP contribution in [0.3, 0.4) is 0 Å². The van der Waals surface area contributed by atoms with Crippen LogP contribution in [0, 0.1) is 40.4 Å². The van der Waals surface area contributed by atoms with Crippen LogP contribution in [0.15, 0.2) is 5.16 Å². The van der Waals surface area contributed by atoms with E-state index < -0.39 is 0 Å². The number of hydrogen-bond donors (Lipinski definition) is 1. The number of ether oxygens (including phenoxy) is 1. The number of fused-ring (bicyclic) bond motifs is 5. The van der Waals surface area contributed by atoms with Gasteiger partial charge in [-0.15, -0.1) is 0 Å². The molecule has 4 aliphatic rings. The Kier molecular flexibility index (Phi) is 4.86. The largest absolute Gasteiger partial charge is 0.463 e. The first kappa shape index (κ1) is 19.9. The average molecular weight is 390 g/mol. The molecule has 0 radical (unpaired) electrons. The fraction of sp³-hybridized carbons (Fsp3) is 0.870. The SMILES string of the molecule is CC(=O)O[C@@H]1CC[C@@]2(C)[C@H](CC[C@H]3[C@H]2C(=O)C[C@]2(C)[C@H](/C(C)=N\O)CC[C@@H]32)C1. The molecule has 4 fully saturated rings. The number of nitrogens with zero attached hydrogens (tertiary/aromatic N) is 1. The van der Waals surface area contributed by atoms with Crippen molar-refractivity contribution in [3.63, 3.8) is 0 Å². The molecule has 4 rings (SSSR count). The summed E-state index contributed by atoms with van der Waals surface area (Å²) in [5.74, 6) is 2.07. The summed E-state index contributed by atoms with van der Waals surface area (Å²) >= 11 is 0. The smallest absolute Gasteiger partial charge is 0.302 e. The molecule has 156 valence electrons. The van der Waals surface area contributed by atoms with Crippen LogP contribution in [0.1, 0.15) is 79.1 Å². The number of Topliss-reactive ketones (excluding diaryl/α,β-unsaturated/α-hetero) is 1. The summed E-state index contributed by atoms with van der Waals surface area (Å²) in [6.07, 6.45) is 7.81. The van der Waals surface area contributed by atoms with Gasteiger partial charge >= 0.3 is 5.97 Å². The minimum atomic E-state index is -0.190. The van der Waals surface area contributed by atoms with Crippen molar-refractivity contribution in [2.24, 2.45) is 45.6 Å². The molecule has 0 aromatic carbocycles. The van der Waals surface area contributed by atoms with Gasteiger partial charge in [-0.3, -0.25) is 9.59 Å². The van der Waals surface area contributed by atoms with Gasteiger partial charge in [0.1, 0.15) is 11.9 Å². The van der Waals surface area contributed by atoms with Crippen LogP contribution in [-0.4, -0.2) is 28.8 Å². The normalized spacial score (nSPS) is 48.4. The van der Waals surface area contributed by atoms with E-state index in [1.165, 1.54) is 6.92 Å². The first-order valence-corrected chi connectivity index (χ1v) is 11.1. The predicted octanol–water partition coefficient (Wildman–Crippen LogP) is 4.61. The molecule has 0 aliphatic heterocycles. The van der Waals surface area contributed by atoms with E-state index in [1.54, 1.807) is 0 Å². The standard InChI is InChI=1S/C23H35NO4/c1-13(24-27)18-7-8-19-17-6-5-15-11-16(28-14(2)25)9-10-22(15,3)21(17)20(26)12-23(18,19)4/h15-19,21,27H,5-12H2,1-4H3/b24-13-/t15-,16-,17-,18+,19+,21+,22+,23-/m1/s1. The lowest BCUT2D eigenvalue weighted by atomic mass is 9.44. The summed E-state index contributed by atoms with van der Waals surface area (Å²) < 4.78 is 5.53. The molecule has 4 saturated carbocycles. The minimum Gasteiger partial charge on any atom is -0.463 e. The van der Waals surface area contributed by atoms with E-state index in [4.69, 9.17) is 4.74 Å². The Hall–Kier alpha value is -1.39. The summed E-state index contributed by atoms with van der Waals surface area (Å²) in [4.78, 5) is 25.0. The van der Waals surface area contributed by atoms with E-state index >= 15 is 0 Å². The van der Waals surface area contributed by atoms with Crippen LogP contribution in [0.5, 0.6) is 0 Å². The fourth-order valence-corrected chi connectivity index (χ4v) is 8.13. The maximum absolute atomic E-state index is 13.6. The Bertz CT molecular complexity index is 703. The number of esters is 1. The first-order valence-electron chi connectivity index (χ1n) is 11.1. The Labute approximate surface area is 168 Å². The van der Waals surface area contributed by atoms with Gasteiger partial charge in [0.05, 0.1) is 5.71 Å². The molecule has 0 spiro atoms. The first-order chi connectivity index (χ1) is 13.2. The second-order valence-corrected chi connectivity index (χ2v) is 10.6. The van der Waals surface area contributed by atoms with Crippen molar-refractivity contribution >= 4 is 17.5 Å². The quantitative estimate of drug-likeness (QED) is 0.324. The molecule has 5 heteroatoms. The second-order valence-electron chi connectivity index (χ2n) is 10.6. The highest BCUT2D eigenvalue weighted by Gasteiger charge is 2.63. The average Bonchev–Trinajstić information content (AvgIpc) is 2.97. The second kappa shape index (κ2) is 6.84. The van der Waals surface area contributed by atoms with E-state index in [1.807, 2.05) is 6.92 Å². The maximum Gasteiger partial charge on any atom is 0.302 e. The molecule has 0 aromatic heterocycles. The van der Waals surface area contributed by atoms with Gasteiger partial charge in [0, 0.05) is 25.2 Å². The predicted molar refractivity (Wildman–Crippen MR) is 106 cm³/mol. The Morgan fingerprint density at radius 3 is 2.54 bits per heavy atom. The van der Waals surface area contributed by atoms with Gasteiger partial charge in [-0.2, -0.15) is 0 Å². The van der Waals surface area contributed by atoms with Crippen LogP contribution < -0.4 is 0 Å². The lowest BCUT2D eigenvalue weighted by molar-refractivity contribution is -0.168. The van der Waals surface area contributed by atoms with Gasteiger partial charge in [0.15, 0.2) is 0 Å². The van der Waals surface area contributed by atoms with E-state index in [-0.39, 0.29) is 34.7 Å². The van der Waals surface area contributed by atoms with Gasteiger partial charge in [0.2, 0.25) is 0 Å². The Balaban J connectivity index is 1.60. The lowest BCUT2D eigenvalue weighted by Crippen LogP contribution is -2.58. The van der Waals surface area contributed by atoms with Crippen molar-refractivity contribution in [1.82, 2.24) is 0 Å². The topological polar surface area (TPSA) is 76.0 Å². The molecule has 0 heterocycles. The molecule has 0 aromatic rings. The third-order valence-corrected chi connectivity index (χ3v) is 9.30. The molecular weight excluding hydrogens is 354 g/mol. The summed E-state index contributed by atoms with van der Waals surface area (Å²) in [5, 5.41) is 12.9. The molecule has 0 saturated heterocycles. The third-order valence-electron chi connectivity index (χ3n) is 9.30. The number of oxime groups is 1. The summed E-state index contributed by atoms with van der Waals surface area (Å²) in [6.45, 7) is 8.00. The highest BCUT2D eigenvalue weighted by Crippen LogP contribution is 2.66. The van der Waals surface area contributed by atoms with Gasteiger partial charge in [-0.25, -0.2) is 0 Å². The van der Waals surface area contributed by atoms with E-state index in [0.717, 1.165) is 50.7 Å². The zero-order valence-electron chi connectivity index (χ0n) is 17.7. The third kappa shape index (κ3) is 2.83. The van der Waals surface area contributed by atoms with Crippen LogP contribution in [0.25, 0.3) is 0 Å². The minimum absolute atomic E-state index is 0.0235. The monoisotopic (exact) mass is 389 g/mol. The van der Waals surface area contributed by atoms with Gasteiger partial charge in [0.25, 0.3) is 0 Å². The summed E-state index contributed by atoms with van der Waals surface area (Å²) in [7, 11) is 0. The Morgan fingerprint density at radius 1 is 1.11 bits per heavy atom. The molecule has 28 heavy (non-hydrogen) atoms. The number of rotatable bonds is 2. The van der Waals surface area contributed by atoms with Crippen LogP contribution >= 0.6 is 0 Å². The highest BCUT2D eigenvalue weighted by molar-refractivity contribution is 5.89. The van der Waals surface area contributed by atoms with Crippen molar-refractivity contribution in [2.75, 3.05) is 0 Å². The fourth-order valence-electron chi connectivity index (χ4n) is 8.13. The highest BCUT2D eigenvalue weighted by atomic mass is 16.5. The van der Waals surface area contributed by atoms with Crippen molar-refractivity contribution in [3.05, 3.63) is 0 Å². The number of carbonyl (C=O) groups excluding carboxylic acids is 2. The molecular formula is C23H35NO4. The zero-order valence-corrected chi connectivity index (χ0v) is 17.7. The van der Waals surface area contributed by atoms with Crippen molar-refractivity contribution in [3.8, 4) is 0 Å². The number of hydrogen-bond acceptors (Lipinski definition) is 5. The zero-order chi connectivity index (χ0) is 20.3. The lowest BCUT2D eigenvalue weighted by Gasteiger charge is -2.60. The molecule has 0 amide bonds. The molecule has 0 unspecified atom stereocenters. The molecule has 1 N–H and O–H groups in total. The summed E-state index contributed by atoms with van der Waals surface area (Å²) in [5.41, 5.74) is 0.765. The van der Waals surface area contributed by atoms with Gasteiger partial charge < -0.3 is 9.94 Å². The van der Waals surface area contributed by atoms with Crippen molar-refractivity contribution in [1.29, 1.82) is 0 Å². The van der Waals surface area contributed by atoms with Crippen molar-refractivity contribution < 1.29 is 19.5 Å². The number of carbonyl (C=O) groups is 2. The summed E-state index contributed by atoms with van der Waals surface area (Å²) in [6, 6.07) is 0. The van der Waals surface area contributed by atoms with E-state index in [2.05, 4.69) is 19.0 Å². The van der Waals surface area contributed by atoms with Crippen molar-refractivity contribution in [2.45, 2.75) is 85.2 Å². The Morgan fingerprint density at radius 2 is 1.86 bits per heavy atom. The van der Waals surface area contributed by atoms with Crippen LogP contribution in [0.4, 0.5) is 0 Å². The molecule has 8 atom stereocenters. The van der Waals surface area contributed by atoms with E-state index in [0.29, 0.717) is 30.0 Å². The maximum atomic E-state index is 13.6. The van der Waals surface area contributed by atoms with Crippen LogP contribution in [0.2, 0.25) is 0 Å². The molecule has 5 nitrogen and oxygen atoms in total. The molecule has 0 bridgehead atoms. The van der Waals surface area contributed by atoms with Gasteiger partial charge in [-0.05, 0) is 80.5 Å². The van der Waals surface area contributed by atoms with E-state index in [9.17, 15) is 14.8 Å². The number of ketones is 1.